The van der Waals surface area contributed by atoms with Gasteiger partial charge in [0.05, 0.1) is 0 Å². The second-order valence-electron chi connectivity index (χ2n) is 4.26. The van der Waals surface area contributed by atoms with Crippen molar-refractivity contribution in [2.45, 2.75) is 6.61 Å². The molecule has 0 bridgehead atoms. The number of nitrogens with two attached hydrogens (primary N) is 1. The Bertz CT molecular complexity index is 679. The number of hydrogen-bond donors (Lipinski definition) is 2. The first-order valence-corrected chi connectivity index (χ1v) is 5.99. The molecule has 0 saturated carbocycles. The molecular formula is C14H10F4N2O2. The molecule has 2 aromatic rings. The van der Waals surface area contributed by atoms with Gasteiger partial charge in [-0.3, -0.25) is 10.2 Å². The molecule has 0 aliphatic heterocycles. The van der Waals surface area contributed by atoms with Gasteiger partial charge in [0.2, 0.25) is 11.6 Å². The SMILES string of the molecule is NNC(=O)c1ccc(COc2c(F)c(F)cc(F)c2F)cc1. The quantitative estimate of drug-likeness (QED) is 0.299. The summed E-state index contributed by atoms with van der Waals surface area (Å²) < 4.78 is 57.6. The van der Waals surface area contributed by atoms with Gasteiger partial charge in [0.15, 0.2) is 17.4 Å². The number of hydrogen-bond acceptors (Lipinski definition) is 3. The minimum atomic E-state index is -1.61. The number of halogens is 4. The second-order valence-corrected chi connectivity index (χ2v) is 4.26. The van der Waals surface area contributed by atoms with E-state index < -0.39 is 34.9 Å². The molecule has 116 valence electrons. The Labute approximate surface area is 122 Å². The largest absolute Gasteiger partial charge is 0.483 e. The summed E-state index contributed by atoms with van der Waals surface area (Å²) in [5.74, 6) is -3.02. The Balaban J connectivity index is 2.15. The lowest BCUT2D eigenvalue weighted by Gasteiger charge is -2.10. The van der Waals surface area contributed by atoms with Gasteiger partial charge in [-0.1, -0.05) is 12.1 Å². The molecule has 1 amide bonds. The van der Waals surface area contributed by atoms with Crippen molar-refractivity contribution in [3.63, 3.8) is 0 Å². The summed E-state index contributed by atoms with van der Waals surface area (Å²) in [6.07, 6.45) is 0. The summed E-state index contributed by atoms with van der Waals surface area (Å²) in [5.41, 5.74) is 2.63. The van der Waals surface area contributed by atoms with E-state index in [1.165, 1.54) is 24.3 Å². The minimum Gasteiger partial charge on any atom is -0.483 e. The lowest BCUT2D eigenvalue weighted by atomic mass is 10.1. The van der Waals surface area contributed by atoms with Gasteiger partial charge >= 0.3 is 0 Å². The van der Waals surface area contributed by atoms with Crippen LogP contribution in [0.25, 0.3) is 0 Å². The Hall–Kier alpha value is -2.61. The van der Waals surface area contributed by atoms with Crippen molar-refractivity contribution in [1.29, 1.82) is 0 Å². The normalized spacial score (nSPS) is 10.4. The van der Waals surface area contributed by atoms with E-state index >= 15 is 0 Å². The van der Waals surface area contributed by atoms with Crippen LogP contribution in [0.2, 0.25) is 0 Å². The summed E-state index contributed by atoms with van der Waals surface area (Å²) >= 11 is 0. The molecule has 0 fully saturated rings. The maximum atomic E-state index is 13.4. The van der Waals surface area contributed by atoms with Crippen molar-refractivity contribution in [1.82, 2.24) is 5.43 Å². The van der Waals surface area contributed by atoms with Crippen LogP contribution in [-0.2, 0) is 6.61 Å². The molecule has 0 aliphatic rings. The molecule has 0 heterocycles. The van der Waals surface area contributed by atoms with Crippen LogP contribution in [0.1, 0.15) is 15.9 Å². The molecular weight excluding hydrogens is 304 g/mol. The van der Waals surface area contributed by atoms with E-state index in [0.717, 1.165) is 0 Å². The Morgan fingerprint density at radius 1 is 1.05 bits per heavy atom. The van der Waals surface area contributed by atoms with Gasteiger partial charge < -0.3 is 4.74 Å². The van der Waals surface area contributed by atoms with Gasteiger partial charge in [-0.2, -0.15) is 8.78 Å². The zero-order valence-corrected chi connectivity index (χ0v) is 11.0. The van der Waals surface area contributed by atoms with E-state index in [4.69, 9.17) is 10.6 Å². The number of carbonyl (C=O) groups excluding carboxylic acids is 1. The molecule has 0 spiro atoms. The van der Waals surface area contributed by atoms with Crippen LogP contribution >= 0.6 is 0 Å². The topological polar surface area (TPSA) is 64.3 Å². The van der Waals surface area contributed by atoms with Crippen molar-refractivity contribution < 1.29 is 27.1 Å². The summed E-state index contributed by atoms with van der Waals surface area (Å²) in [4.78, 5) is 11.2. The molecule has 3 N–H and O–H groups in total. The maximum Gasteiger partial charge on any atom is 0.265 e. The van der Waals surface area contributed by atoms with Gasteiger partial charge in [-0.05, 0) is 17.7 Å². The fourth-order valence-electron chi connectivity index (χ4n) is 1.67. The van der Waals surface area contributed by atoms with Gasteiger partial charge in [-0.15, -0.1) is 0 Å². The van der Waals surface area contributed by atoms with Gasteiger partial charge in [-0.25, -0.2) is 14.6 Å². The summed E-state index contributed by atoms with van der Waals surface area (Å²) in [7, 11) is 0. The number of nitrogens with one attached hydrogen (secondary N) is 1. The first-order valence-electron chi connectivity index (χ1n) is 5.99. The van der Waals surface area contributed by atoms with Crippen molar-refractivity contribution >= 4 is 5.91 Å². The van der Waals surface area contributed by atoms with E-state index in [0.29, 0.717) is 5.56 Å². The molecule has 2 rings (SSSR count). The van der Waals surface area contributed by atoms with E-state index in [2.05, 4.69) is 0 Å². The molecule has 0 aliphatic carbocycles. The van der Waals surface area contributed by atoms with Crippen molar-refractivity contribution in [3.8, 4) is 5.75 Å². The van der Waals surface area contributed by atoms with Crippen molar-refractivity contribution in [2.75, 3.05) is 0 Å². The molecule has 0 saturated heterocycles. The van der Waals surface area contributed by atoms with Crippen molar-refractivity contribution in [3.05, 3.63) is 64.7 Å². The Kier molecular flexibility index (Phi) is 4.62. The molecule has 0 unspecified atom stereocenters. The van der Waals surface area contributed by atoms with Crippen LogP contribution in [0, 0.1) is 23.3 Å². The fourth-order valence-corrected chi connectivity index (χ4v) is 1.67. The van der Waals surface area contributed by atoms with E-state index in [1.54, 1.807) is 0 Å². The maximum absolute atomic E-state index is 13.4. The first kappa shape index (κ1) is 15.8. The predicted octanol–water partition coefficient (Wildman–Crippen LogP) is 2.43. The molecule has 22 heavy (non-hydrogen) atoms. The number of rotatable bonds is 4. The van der Waals surface area contributed by atoms with E-state index in [-0.39, 0.29) is 18.2 Å². The lowest BCUT2D eigenvalue weighted by molar-refractivity contribution is 0.0953. The Morgan fingerprint density at radius 3 is 2.09 bits per heavy atom. The van der Waals surface area contributed by atoms with Gasteiger partial charge in [0, 0.05) is 11.6 Å². The van der Waals surface area contributed by atoms with Crippen LogP contribution in [0.4, 0.5) is 17.6 Å². The predicted molar refractivity (Wildman–Crippen MR) is 68.7 cm³/mol. The number of nitrogen functional groups attached to an aromatic ring is 1. The first-order chi connectivity index (χ1) is 10.4. The third-order valence-corrected chi connectivity index (χ3v) is 2.80. The van der Waals surface area contributed by atoms with Crippen LogP contribution < -0.4 is 16.0 Å². The number of ether oxygens (including phenoxy) is 1. The fraction of sp³-hybridized carbons (Fsp3) is 0.0714. The highest BCUT2D eigenvalue weighted by Crippen LogP contribution is 2.27. The van der Waals surface area contributed by atoms with Gasteiger partial charge in [0.25, 0.3) is 5.91 Å². The average molecular weight is 314 g/mol. The summed E-state index contributed by atoms with van der Waals surface area (Å²) in [6.45, 7) is -0.346. The third-order valence-electron chi connectivity index (χ3n) is 2.80. The number of carbonyl (C=O) groups is 1. The summed E-state index contributed by atoms with van der Waals surface area (Å²) in [5, 5.41) is 0. The lowest BCUT2D eigenvalue weighted by Crippen LogP contribution is -2.29. The summed E-state index contributed by atoms with van der Waals surface area (Å²) in [6, 6.07) is 5.78. The van der Waals surface area contributed by atoms with Crippen LogP contribution in [0.3, 0.4) is 0 Å². The van der Waals surface area contributed by atoms with Crippen LogP contribution in [0.15, 0.2) is 30.3 Å². The second kappa shape index (κ2) is 6.44. The molecule has 0 atom stereocenters. The zero-order chi connectivity index (χ0) is 16.3. The van der Waals surface area contributed by atoms with E-state index in [9.17, 15) is 22.4 Å². The number of amides is 1. The average Bonchev–Trinajstić information content (AvgIpc) is 2.53. The van der Waals surface area contributed by atoms with Crippen LogP contribution in [-0.4, -0.2) is 5.91 Å². The standard InChI is InChI=1S/C14H10F4N2O2/c15-9-5-10(16)12(18)13(11(9)17)22-6-7-1-3-8(4-2-7)14(21)20-19/h1-5H,6,19H2,(H,20,21). The molecule has 0 aromatic heterocycles. The zero-order valence-electron chi connectivity index (χ0n) is 11.0. The monoisotopic (exact) mass is 314 g/mol. The highest BCUT2D eigenvalue weighted by molar-refractivity contribution is 5.93. The van der Waals surface area contributed by atoms with Crippen molar-refractivity contribution in [2.24, 2.45) is 5.84 Å². The highest BCUT2D eigenvalue weighted by Gasteiger charge is 2.20. The minimum absolute atomic E-state index is 0.0950. The smallest absolute Gasteiger partial charge is 0.265 e. The van der Waals surface area contributed by atoms with E-state index in [1.807, 2.05) is 5.43 Å². The highest BCUT2D eigenvalue weighted by atomic mass is 19.2. The molecule has 2 aromatic carbocycles. The number of hydrazine groups is 1. The Morgan fingerprint density at radius 2 is 1.59 bits per heavy atom. The van der Waals surface area contributed by atoms with Gasteiger partial charge in [0.1, 0.15) is 6.61 Å². The third kappa shape index (κ3) is 3.17. The molecule has 4 nitrogen and oxygen atoms in total. The molecule has 8 heteroatoms. The molecule has 0 radical (unpaired) electrons. The number of benzene rings is 2. The van der Waals surface area contributed by atoms with Crippen LogP contribution in [0.5, 0.6) is 5.75 Å².